The van der Waals surface area contributed by atoms with Crippen LogP contribution in [-0.2, 0) is 0 Å². The monoisotopic (exact) mass is 379 g/mol. The summed E-state index contributed by atoms with van der Waals surface area (Å²) in [5, 5.41) is 0. The van der Waals surface area contributed by atoms with Crippen LogP contribution in [0.15, 0.2) is 45.3 Å². The van der Waals surface area contributed by atoms with E-state index in [1.54, 1.807) is 0 Å². The van der Waals surface area contributed by atoms with E-state index in [0.29, 0.717) is 0 Å². The lowest BCUT2D eigenvalue weighted by Gasteiger charge is -2.10. The number of hydrogen-bond donors (Lipinski definition) is 1. The van der Waals surface area contributed by atoms with Gasteiger partial charge in [0, 0.05) is 14.6 Å². The number of aromatic nitrogens is 2. The van der Waals surface area contributed by atoms with Crippen LogP contribution >= 0.6 is 31.9 Å². The second-order valence-electron chi connectivity index (χ2n) is 4.34. The molecule has 96 valence electrons. The van der Waals surface area contributed by atoms with E-state index in [9.17, 15) is 0 Å². The molecular formula is C14H11Br2N3. The number of imidazole rings is 1. The van der Waals surface area contributed by atoms with Crippen molar-refractivity contribution < 1.29 is 0 Å². The number of benzene rings is 2. The molecule has 0 radical (unpaired) electrons. The van der Waals surface area contributed by atoms with E-state index >= 15 is 0 Å². The van der Waals surface area contributed by atoms with Gasteiger partial charge in [-0.3, -0.25) is 4.57 Å². The zero-order valence-electron chi connectivity index (χ0n) is 10.2. The molecule has 5 heteroatoms. The predicted octanol–water partition coefficient (Wildman–Crippen LogP) is 4.44. The summed E-state index contributed by atoms with van der Waals surface area (Å²) in [7, 11) is 0. The molecule has 0 saturated heterocycles. The zero-order valence-corrected chi connectivity index (χ0v) is 13.4. The summed E-state index contributed by atoms with van der Waals surface area (Å²) >= 11 is 7.10. The van der Waals surface area contributed by atoms with Crippen molar-refractivity contribution in [1.82, 2.24) is 9.55 Å². The summed E-state index contributed by atoms with van der Waals surface area (Å²) in [5.41, 5.74) is 9.55. The van der Waals surface area contributed by atoms with E-state index < -0.39 is 0 Å². The van der Waals surface area contributed by atoms with Gasteiger partial charge < -0.3 is 5.73 Å². The van der Waals surface area contributed by atoms with E-state index in [2.05, 4.69) is 47.5 Å². The second kappa shape index (κ2) is 4.65. The molecule has 1 aromatic heterocycles. The Morgan fingerprint density at radius 1 is 1.11 bits per heavy atom. The molecule has 0 atom stereocenters. The number of nitrogen functional groups attached to an aromatic ring is 1. The molecule has 19 heavy (non-hydrogen) atoms. The predicted molar refractivity (Wildman–Crippen MR) is 85.6 cm³/mol. The summed E-state index contributed by atoms with van der Waals surface area (Å²) in [6.45, 7) is 1.99. The summed E-state index contributed by atoms with van der Waals surface area (Å²) in [6.07, 6.45) is 0. The van der Waals surface area contributed by atoms with Gasteiger partial charge in [-0.1, -0.05) is 15.9 Å². The Bertz CT molecular complexity index is 778. The molecule has 0 spiro atoms. The quantitative estimate of drug-likeness (QED) is 0.634. The van der Waals surface area contributed by atoms with Crippen LogP contribution in [0.3, 0.4) is 0 Å². The van der Waals surface area contributed by atoms with Gasteiger partial charge in [-0.15, -0.1) is 0 Å². The molecular weight excluding hydrogens is 370 g/mol. The van der Waals surface area contributed by atoms with Crippen molar-refractivity contribution in [3.05, 3.63) is 51.2 Å². The highest BCUT2D eigenvalue weighted by atomic mass is 79.9. The average molecular weight is 381 g/mol. The number of halogens is 2. The van der Waals surface area contributed by atoms with Crippen molar-refractivity contribution in [2.45, 2.75) is 6.92 Å². The Morgan fingerprint density at radius 3 is 2.68 bits per heavy atom. The third-order valence-corrected chi connectivity index (χ3v) is 4.16. The van der Waals surface area contributed by atoms with Crippen molar-refractivity contribution >= 4 is 48.6 Å². The van der Waals surface area contributed by atoms with Gasteiger partial charge in [0.1, 0.15) is 5.82 Å². The fourth-order valence-corrected chi connectivity index (χ4v) is 2.95. The van der Waals surface area contributed by atoms with Crippen LogP contribution in [0.25, 0.3) is 16.7 Å². The second-order valence-corrected chi connectivity index (χ2v) is 6.11. The van der Waals surface area contributed by atoms with Crippen molar-refractivity contribution in [2.24, 2.45) is 0 Å². The van der Waals surface area contributed by atoms with Gasteiger partial charge in [0.15, 0.2) is 0 Å². The van der Waals surface area contributed by atoms with E-state index in [-0.39, 0.29) is 0 Å². The normalized spacial score (nSPS) is 11.1. The number of nitrogens with two attached hydrogens (primary N) is 1. The lowest BCUT2D eigenvalue weighted by molar-refractivity contribution is 0.995. The minimum atomic E-state index is 0.727. The molecule has 0 aliphatic carbocycles. The Labute approximate surface area is 127 Å². The molecule has 0 amide bonds. The van der Waals surface area contributed by atoms with E-state index in [1.165, 1.54) is 0 Å². The van der Waals surface area contributed by atoms with Gasteiger partial charge >= 0.3 is 0 Å². The molecule has 0 unspecified atom stereocenters. The van der Waals surface area contributed by atoms with Crippen molar-refractivity contribution in [3.8, 4) is 5.69 Å². The maximum absolute atomic E-state index is 5.81. The van der Waals surface area contributed by atoms with Gasteiger partial charge in [0.05, 0.1) is 16.7 Å². The number of hydrogen-bond acceptors (Lipinski definition) is 2. The molecule has 0 fully saturated rings. The first-order valence-electron chi connectivity index (χ1n) is 5.76. The SMILES string of the molecule is Cc1nc2cc(N)ccc2n1-c1cc(Br)ccc1Br. The Morgan fingerprint density at radius 2 is 1.89 bits per heavy atom. The van der Waals surface area contributed by atoms with Crippen LogP contribution in [0, 0.1) is 6.92 Å². The fourth-order valence-electron chi connectivity index (χ4n) is 2.18. The highest BCUT2D eigenvalue weighted by Crippen LogP contribution is 2.30. The van der Waals surface area contributed by atoms with E-state index in [1.807, 2.05) is 37.3 Å². The van der Waals surface area contributed by atoms with Crippen LogP contribution in [0.2, 0.25) is 0 Å². The highest BCUT2D eigenvalue weighted by molar-refractivity contribution is 9.11. The molecule has 2 N–H and O–H groups in total. The van der Waals surface area contributed by atoms with Gasteiger partial charge in [-0.2, -0.15) is 0 Å². The fraction of sp³-hybridized carbons (Fsp3) is 0.0714. The number of nitrogens with zero attached hydrogens (tertiary/aromatic N) is 2. The van der Waals surface area contributed by atoms with Crippen LogP contribution in [0.4, 0.5) is 5.69 Å². The van der Waals surface area contributed by atoms with Crippen LogP contribution in [-0.4, -0.2) is 9.55 Å². The Balaban J connectivity index is 2.36. The third-order valence-electron chi connectivity index (χ3n) is 3.00. The van der Waals surface area contributed by atoms with Gasteiger partial charge in [-0.05, 0) is 59.3 Å². The van der Waals surface area contributed by atoms with Crippen LogP contribution in [0.1, 0.15) is 5.82 Å². The summed E-state index contributed by atoms with van der Waals surface area (Å²) in [4.78, 5) is 4.57. The maximum Gasteiger partial charge on any atom is 0.111 e. The lowest BCUT2D eigenvalue weighted by atomic mass is 10.2. The number of fused-ring (bicyclic) bond motifs is 1. The van der Waals surface area contributed by atoms with Crippen molar-refractivity contribution in [3.63, 3.8) is 0 Å². The maximum atomic E-state index is 5.81. The molecule has 0 aliphatic rings. The Hall–Kier alpha value is -1.33. The van der Waals surface area contributed by atoms with Gasteiger partial charge in [0.25, 0.3) is 0 Å². The number of aryl methyl sites for hydroxylation is 1. The van der Waals surface area contributed by atoms with E-state index in [0.717, 1.165) is 37.2 Å². The molecule has 3 aromatic rings. The number of rotatable bonds is 1. The zero-order chi connectivity index (χ0) is 13.6. The molecule has 3 rings (SSSR count). The average Bonchev–Trinajstić information content (AvgIpc) is 2.67. The van der Waals surface area contributed by atoms with Crippen LogP contribution < -0.4 is 5.73 Å². The standard InChI is InChI=1S/C14H11Br2N3/c1-8-18-12-7-10(17)3-5-13(12)19(8)14-6-9(15)2-4-11(14)16/h2-7H,17H2,1H3. The first-order chi connectivity index (χ1) is 9.06. The third kappa shape index (κ3) is 2.17. The highest BCUT2D eigenvalue weighted by Gasteiger charge is 2.12. The van der Waals surface area contributed by atoms with Crippen molar-refractivity contribution in [1.29, 1.82) is 0 Å². The topological polar surface area (TPSA) is 43.8 Å². The van der Waals surface area contributed by atoms with Crippen LogP contribution in [0.5, 0.6) is 0 Å². The molecule has 0 bridgehead atoms. The minimum Gasteiger partial charge on any atom is -0.399 e. The largest absolute Gasteiger partial charge is 0.399 e. The first kappa shape index (κ1) is 12.7. The lowest BCUT2D eigenvalue weighted by Crippen LogP contribution is -1.98. The van der Waals surface area contributed by atoms with Gasteiger partial charge in [0.2, 0.25) is 0 Å². The first-order valence-corrected chi connectivity index (χ1v) is 7.35. The van der Waals surface area contributed by atoms with Gasteiger partial charge in [-0.25, -0.2) is 4.98 Å². The molecule has 3 nitrogen and oxygen atoms in total. The summed E-state index contributed by atoms with van der Waals surface area (Å²) in [5.74, 6) is 0.930. The number of anilines is 1. The molecule has 1 heterocycles. The Kier molecular flexibility index (Phi) is 3.11. The van der Waals surface area contributed by atoms with Crippen molar-refractivity contribution in [2.75, 3.05) is 5.73 Å². The molecule has 2 aromatic carbocycles. The minimum absolute atomic E-state index is 0.727. The molecule has 0 saturated carbocycles. The summed E-state index contributed by atoms with van der Waals surface area (Å²) < 4.78 is 4.17. The van der Waals surface area contributed by atoms with E-state index in [4.69, 9.17) is 5.73 Å². The smallest absolute Gasteiger partial charge is 0.111 e. The summed E-state index contributed by atoms with van der Waals surface area (Å²) in [6, 6.07) is 11.9. The molecule has 0 aliphatic heterocycles.